The third-order valence-corrected chi connectivity index (χ3v) is 8.39. The largest absolute Gasteiger partial charge is 0.392 e. The van der Waals surface area contributed by atoms with Crippen LogP contribution in [-0.4, -0.2) is 30.0 Å². The third kappa shape index (κ3) is 3.65. The lowest BCUT2D eigenvalue weighted by molar-refractivity contribution is 0.281. The van der Waals surface area contributed by atoms with Crippen molar-refractivity contribution in [1.82, 2.24) is 9.97 Å². The van der Waals surface area contributed by atoms with Crippen molar-refractivity contribution in [2.24, 2.45) is 0 Å². The summed E-state index contributed by atoms with van der Waals surface area (Å²) in [6.45, 7) is -0.371. The number of halogens is 3. The van der Waals surface area contributed by atoms with E-state index in [-0.39, 0.29) is 33.0 Å². The minimum Gasteiger partial charge on any atom is -0.392 e. The van der Waals surface area contributed by atoms with Crippen molar-refractivity contribution in [1.29, 1.82) is 0 Å². The molecule has 1 aliphatic rings. The van der Waals surface area contributed by atoms with Gasteiger partial charge in [-0.05, 0) is 59.5 Å². The summed E-state index contributed by atoms with van der Waals surface area (Å²) in [5.41, 5.74) is 8.24. The van der Waals surface area contributed by atoms with E-state index in [1.807, 2.05) is 0 Å². The van der Waals surface area contributed by atoms with Crippen LogP contribution in [-0.2, 0) is 23.1 Å². The maximum absolute atomic E-state index is 15.1. The van der Waals surface area contributed by atoms with Crippen LogP contribution in [0.15, 0.2) is 53.6 Å². The number of nitrogens with two attached hydrogens (primary N) is 1. The number of nitrogen functional groups attached to an aromatic ring is 1. The second kappa shape index (κ2) is 8.35. The molecule has 0 unspecified atom stereocenters. The van der Waals surface area contributed by atoms with Gasteiger partial charge in [0.1, 0.15) is 10.7 Å². The first kappa shape index (κ1) is 22.8. The Morgan fingerprint density at radius 2 is 1.94 bits per heavy atom. The molecule has 0 radical (unpaired) electrons. The van der Waals surface area contributed by atoms with Gasteiger partial charge in [0, 0.05) is 28.7 Å². The van der Waals surface area contributed by atoms with Gasteiger partial charge in [0.2, 0.25) is 5.95 Å². The molecule has 0 saturated heterocycles. The van der Waals surface area contributed by atoms with Crippen molar-refractivity contribution in [2.45, 2.75) is 17.9 Å². The Kier molecular flexibility index (Phi) is 5.60. The van der Waals surface area contributed by atoms with E-state index in [4.69, 9.17) is 28.9 Å². The number of hydrogen-bond donors (Lipinski definition) is 2. The van der Waals surface area contributed by atoms with E-state index < -0.39 is 22.4 Å². The number of hydrogen-bond acceptors (Lipinski definition) is 6. The van der Waals surface area contributed by atoms with Gasteiger partial charge in [0.05, 0.1) is 22.8 Å². The molecule has 4 aromatic rings. The van der Waals surface area contributed by atoms with Crippen LogP contribution in [0.4, 0.5) is 16.0 Å². The lowest BCUT2D eigenvalue weighted by Gasteiger charge is -2.22. The summed E-state index contributed by atoms with van der Waals surface area (Å²) >= 11 is 12.4. The first-order chi connectivity index (χ1) is 16.2. The molecular formula is C23H17Cl2FN4O3S. The van der Waals surface area contributed by atoms with Crippen LogP contribution in [0.3, 0.4) is 0 Å². The fraction of sp³-hybridized carbons (Fsp3) is 0.130. The number of aliphatic hydroxyl groups is 1. The number of fused-ring (bicyclic) bond motifs is 2. The molecule has 0 spiro atoms. The number of anilines is 2. The number of rotatable bonds is 4. The Hall–Kier alpha value is -2.98. The van der Waals surface area contributed by atoms with Gasteiger partial charge in [-0.15, -0.1) is 0 Å². The maximum Gasteiger partial charge on any atom is 0.265 e. The Morgan fingerprint density at radius 3 is 2.71 bits per heavy atom. The number of nitrogens with zero attached hydrogens (tertiary/aromatic N) is 3. The smallest absolute Gasteiger partial charge is 0.265 e. The highest BCUT2D eigenvalue weighted by Gasteiger charge is 2.35. The molecule has 0 fully saturated rings. The van der Waals surface area contributed by atoms with Crippen LogP contribution in [0.5, 0.6) is 0 Å². The number of benzene rings is 3. The molecule has 0 saturated carbocycles. The van der Waals surface area contributed by atoms with Gasteiger partial charge in [0.15, 0.2) is 0 Å². The highest BCUT2D eigenvalue weighted by molar-refractivity contribution is 7.93. The van der Waals surface area contributed by atoms with Crippen molar-refractivity contribution in [3.05, 3.63) is 75.7 Å². The van der Waals surface area contributed by atoms with Gasteiger partial charge in [-0.2, -0.15) is 0 Å². The average Bonchev–Trinajstić information content (AvgIpc) is 3.24. The summed E-state index contributed by atoms with van der Waals surface area (Å²) in [5, 5.41) is 10.2. The molecule has 3 N–H and O–H groups in total. The van der Waals surface area contributed by atoms with Crippen LogP contribution in [0.1, 0.15) is 11.1 Å². The first-order valence-corrected chi connectivity index (χ1v) is 12.4. The van der Waals surface area contributed by atoms with Gasteiger partial charge in [-0.25, -0.2) is 22.8 Å². The first-order valence-electron chi connectivity index (χ1n) is 10.2. The lowest BCUT2D eigenvalue weighted by Crippen LogP contribution is -2.29. The molecular weight excluding hydrogens is 502 g/mol. The molecule has 7 nitrogen and oxygen atoms in total. The molecule has 2 heterocycles. The van der Waals surface area contributed by atoms with Crippen molar-refractivity contribution in [2.75, 3.05) is 16.6 Å². The molecule has 11 heteroatoms. The minimum absolute atomic E-state index is 0.0959. The van der Waals surface area contributed by atoms with Gasteiger partial charge >= 0.3 is 0 Å². The summed E-state index contributed by atoms with van der Waals surface area (Å²) in [6.07, 6.45) is 1.85. The molecule has 0 amide bonds. The minimum atomic E-state index is -4.14. The zero-order valence-corrected chi connectivity index (χ0v) is 19.8. The quantitative estimate of drug-likeness (QED) is 0.409. The fourth-order valence-corrected chi connectivity index (χ4v) is 6.63. The summed E-state index contributed by atoms with van der Waals surface area (Å²) in [5.74, 6) is -0.339. The van der Waals surface area contributed by atoms with Crippen molar-refractivity contribution in [3.63, 3.8) is 0 Å². The topological polar surface area (TPSA) is 109 Å². The molecule has 0 atom stereocenters. The zero-order chi connectivity index (χ0) is 24.2. The van der Waals surface area contributed by atoms with Crippen LogP contribution in [0.25, 0.3) is 22.0 Å². The van der Waals surface area contributed by atoms with E-state index in [1.54, 1.807) is 24.4 Å². The van der Waals surface area contributed by atoms with Crippen LogP contribution in [0.2, 0.25) is 10.0 Å². The van der Waals surface area contributed by atoms with Gasteiger partial charge in [0.25, 0.3) is 10.0 Å². The Bertz CT molecular complexity index is 1580. The highest BCUT2D eigenvalue weighted by atomic mass is 35.5. The van der Waals surface area contributed by atoms with Gasteiger partial charge in [-0.1, -0.05) is 29.3 Å². The van der Waals surface area contributed by atoms with Crippen LogP contribution < -0.4 is 10.0 Å². The SMILES string of the molecule is Nc1ncc2cc(-c3c(F)ccc4c3CCN4S(=O)(=O)c3cc(Cl)cc(CO)c3Cl)ccc2n1. The second-order valence-corrected chi connectivity index (χ2v) is 10.4. The van der Waals surface area contributed by atoms with E-state index in [1.165, 1.54) is 28.6 Å². The molecule has 0 bridgehead atoms. The Balaban J connectivity index is 1.64. The molecule has 3 aromatic carbocycles. The van der Waals surface area contributed by atoms with Gasteiger partial charge < -0.3 is 10.8 Å². The Morgan fingerprint density at radius 1 is 1.15 bits per heavy atom. The molecule has 1 aromatic heterocycles. The summed E-state index contributed by atoms with van der Waals surface area (Å²) in [7, 11) is -4.14. The van der Waals surface area contributed by atoms with Crippen LogP contribution >= 0.6 is 23.2 Å². The number of sulfonamides is 1. The highest BCUT2D eigenvalue weighted by Crippen LogP contribution is 2.42. The number of aliphatic hydroxyl groups excluding tert-OH is 1. The maximum atomic E-state index is 15.1. The standard InChI is InChI=1S/C23H17Cl2FN4O3S/c24-15-8-14(11-31)22(25)20(9-15)34(32,33)30-6-5-16-19(30)4-2-17(26)21(16)12-1-3-18-13(7-12)10-28-23(27)29-18/h1-4,7-10,31H,5-6,11H2,(H2,27,28,29). The van der Waals surface area contributed by atoms with Crippen molar-refractivity contribution >= 4 is 55.8 Å². The van der Waals surface area contributed by atoms with E-state index in [9.17, 15) is 13.5 Å². The second-order valence-electron chi connectivity index (χ2n) is 7.78. The van der Waals surface area contributed by atoms with E-state index in [0.717, 1.165) is 0 Å². The van der Waals surface area contributed by atoms with E-state index >= 15 is 4.39 Å². The molecule has 5 rings (SSSR count). The lowest BCUT2D eigenvalue weighted by atomic mass is 9.96. The average molecular weight is 519 g/mol. The van der Waals surface area contributed by atoms with Crippen LogP contribution in [0, 0.1) is 5.82 Å². The van der Waals surface area contributed by atoms with Crippen molar-refractivity contribution in [3.8, 4) is 11.1 Å². The monoisotopic (exact) mass is 518 g/mol. The third-order valence-electron chi connectivity index (χ3n) is 5.78. The molecule has 1 aliphatic heterocycles. The zero-order valence-electron chi connectivity index (χ0n) is 17.5. The Labute approximate surface area is 204 Å². The fourth-order valence-electron chi connectivity index (χ4n) is 4.23. The molecule has 174 valence electrons. The summed E-state index contributed by atoms with van der Waals surface area (Å²) < 4.78 is 43.4. The van der Waals surface area contributed by atoms with Gasteiger partial charge in [-0.3, -0.25) is 4.31 Å². The summed E-state index contributed by atoms with van der Waals surface area (Å²) in [4.78, 5) is 7.93. The predicted octanol–water partition coefficient (Wildman–Crippen LogP) is 4.57. The van der Waals surface area contributed by atoms with E-state index in [2.05, 4.69) is 9.97 Å². The molecule has 34 heavy (non-hydrogen) atoms. The summed E-state index contributed by atoms with van der Waals surface area (Å²) in [6, 6.07) is 10.5. The number of aromatic nitrogens is 2. The predicted molar refractivity (Wildman–Crippen MR) is 130 cm³/mol. The normalized spacial score (nSPS) is 13.5. The van der Waals surface area contributed by atoms with E-state index in [0.29, 0.717) is 39.7 Å². The van der Waals surface area contributed by atoms with Crippen molar-refractivity contribution < 1.29 is 17.9 Å². The molecule has 0 aliphatic carbocycles.